The van der Waals surface area contributed by atoms with Crippen molar-refractivity contribution in [3.8, 4) is 11.1 Å². The number of rotatable bonds is 2. The highest BCUT2D eigenvalue weighted by Crippen LogP contribution is 2.32. The van der Waals surface area contributed by atoms with Crippen LogP contribution in [0.3, 0.4) is 0 Å². The van der Waals surface area contributed by atoms with Gasteiger partial charge in [-0.1, -0.05) is 41.9 Å². The first kappa shape index (κ1) is 19.5. The van der Waals surface area contributed by atoms with Gasteiger partial charge in [-0.25, -0.2) is 0 Å². The van der Waals surface area contributed by atoms with Crippen molar-refractivity contribution in [3.05, 3.63) is 82.4 Å². The average Bonchev–Trinajstić information content (AvgIpc) is 2.69. The SMILES string of the molecule is CC(=O)N1Cc2ccc(-c3ccc(N(C)C)cc3)cc2CCc2cc(Cl)ccc21. The average molecular weight is 405 g/mol. The second-order valence-corrected chi connectivity index (χ2v) is 8.24. The molecule has 0 saturated carbocycles. The van der Waals surface area contributed by atoms with E-state index in [1.54, 1.807) is 6.92 Å². The molecule has 0 radical (unpaired) electrons. The molecule has 0 unspecified atom stereocenters. The summed E-state index contributed by atoms with van der Waals surface area (Å²) in [5, 5.41) is 0.711. The predicted octanol–water partition coefficient (Wildman–Crippen LogP) is 5.72. The molecule has 0 aromatic heterocycles. The van der Waals surface area contributed by atoms with E-state index in [1.165, 1.54) is 27.9 Å². The summed E-state index contributed by atoms with van der Waals surface area (Å²) in [6.45, 7) is 2.21. The molecule has 1 heterocycles. The number of amides is 1. The molecule has 0 N–H and O–H groups in total. The van der Waals surface area contributed by atoms with Crippen LogP contribution in [-0.2, 0) is 24.2 Å². The van der Waals surface area contributed by atoms with Crippen LogP contribution in [0.1, 0.15) is 23.6 Å². The number of anilines is 2. The predicted molar refractivity (Wildman–Crippen MR) is 122 cm³/mol. The van der Waals surface area contributed by atoms with Crippen LogP contribution in [0.5, 0.6) is 0 Å². The van der Waals surface area contributed by atoms with Crippen LogP contribution >= 0.6 is 11.6 Å². The Bertz CT molecular complexity index is 1060. The van der Waals surface area contributed by atoms with Crippen LogP contribution in [0.25, 0.3) is 11.1 Å². The molecule has 0 spiro atoms. The molecule has 0 atom stereocenters. The lowest BCUT2D eigenvalue weighted by Gasteiger charge is -2.28. The monoisotopic (exact) mass is 404 g/mol. The molecule has 1 amide bonds. The Morgan fingerprint density at radius 3 is 2.24 bits per heavy atom. The van der Waals surface area contributed by atoms with Crippen molar-refractivity contribution in [1.82, 2.24) is 0 Å². The molecule has 3 aromatic carbocycles. The fraction of sp³-hybridized carbons (Fsp3) is 0.240. The molecule has 1 aliphatic heterocycles. The summed E-state index contributed by atoms with van der Waals surface area (Å²) in [4.78, 5) is 16.3. The normalized spacial score (nSPS) is 13.2. The number of fused-ring (bicyclic) bond motifs is 2. The number of benzene rings is 3. The van der Waals surface area contributed by atoms with Crippen LogP contribution in [0, 0.1) is 0 Å². The maximum atomic E-state index is 12.4. The van der Waals surface area contributed by atoms with Gasteiger partial charge in [0.05, 0.1) is 6.54 Å². The van der Waals surface area contributed by atoms with Gasteiger partial charge in [0, 0.05) is 37.4 Å². The molecule has 4 heteroatoms. The zero-order valence-corrected chi connectivity index (χ0v) is 17.8. The van der Waals surface area contributed by atoms with E-state index >= 15 is 0 Å². The standard InChI is InChI=1S/C25H25ClN2O/c1-17(29)28-16-22-7-5-19(18-8-11-24(12-9-18)27(2)3)14-20(22)4-6-21-15-23(26)10-13-25(21)28/h5,7-15H,4,6,16H2,1-3H3. The Morgan fingerprint density at radius 2 is 1.55 bits per heavy atom. The molecule has 3 aromatic rings. The Balaban J connectivity index is 1.71. The minimum atomic E-state index is 0.0461. The molecule has 0 fully saturated rings. The van der Waals surface area contributed by atoms with Crippen LogP contribution in [0.4, 0.5) is 11.4 Å². The van der Waals surface area contributed by atoms with Gasteiger partial charge in [-0.2, -0.15) is 0 Å². The summed E-state index contributed by atoms with van der Waals surface area (Å²) < 4.78 is 0. The highest BCUT2D eigenvalue weighted by atomic mass is 35.5. The van der Waals surface area contributed by atoms with E-state index in [2.05, 4.69) is 47.4 Å². The van der Waals surface area contributed by atoms with Crippen molar-refractivity contribution in [2.24, 2.45) is 0 Å². The Morgan fingerprint density at radius 1 is 0.862 bits per heavy atom. The molecule has 4 rings (SSSR count). The number of carbonyl (C=O) groups excluding carboxylic acids is 1. The van der Waals surface area contributed by atoms with Crippen LogP contribution in [0.15, 0.2) is 60.7 Å². The molecule has 29 heavy (non-hydrogen) atoms. The van der Waals surface area contributed by atoms with E-state index in [-0.39, 0.29) is 5.91 Å². The lowest BCUT2D eigenvalue weighted by atomic mass is 9.92. The molecule has 0 bridgehead atoms. The number of nitrogens with zero attached hydrogens (tertiary/aromatic N) is 2. The number of halogens is 1. The lowest BCUT2D eigenvalue weighted by Crippen LogP contribution is -2.30. The summed E-state index contributed by atoms with van der Waals surface area (Å²) in [7, 11) is 4.09. The molecule has 0 saturated heterocycles. The summed E-state index contributed by atoms with van der Waals surface area (Å²) in [6.07, 6.45) is 1.79. The van der Waals surface area contributed by atoms with Gasteiger partial charge in [0.25, 0.3) is 0 Å². The highest BCUT2D eigenvalue weighted by Gasteiger charge is 2.21. The van der Waals surface area contributed by atoms with Gasteiger partial charge < -0.3 is 9.80 Å². The third kappa shape index (κ3) is 4.01. The minimum absolute atomic E-state index is 0.0461. The highest BCUT2D eigenvalue weighted by molar-refractivity contribution is 6.30. The molecule has 3 nitrogen and oxygen atoms in total. The largest absolute Gasteiger partial charge is 0.378 e. The van der Waals surface area contributed by atoms with Crippen LogP contribution in [0.2, 0.25) is 5.02 Å². The van der Waals surface area contributed by atoms with Crippen LogP contribution < -0.4 is 9.80 Å². The summed E-state index contributed by atoms with van der Waals surface area (Å²) in [6, 6.07) is 21.0. The van der Waals surface area contributed by atoms with Crippen molar-refractivity contribution >= 4 is 28.9 Å². The Labute approximate surface area is 177 Å². The fourth-order valence-corrected chi connectivity index (χ4v) is 4.16. The van der Waals surface area contributed by atoms with Gasteiger partial charge in [-0.15, -0.1) is 0 Å². The smallest absolute Gasteiger partial charge is 0.224 e. The zero-order valence-electron chi connectivity index (χ0n) is 17.1. The van der Waals surface area contributed by atoms with Crippen molar-refractivity contribution in [3.63, 3.8) is 0 Å². The van der Waals surface area contributed by atoms with Crippen molar-refractivity contribution < 1.29 is 4.79 Å². The molecule has 148 valence electrons. The summed E-state index contributed by atoms with van der Waals surface area (Å²) in [5.41, 5.74) is 8.17. The van der Waals surface area contributed by atoms with Crippen LogP contribution in [-0.4, -0.2) is 20.0 Å². The quantitative estimate of drug-likeness (QED) is 0.545. The first-order valence-electron chi connectivity index (χ1n) is 9.88. The van der Waals surface area contributed by atoms with E-state index in [0.29, 0.717) is 11.6 Å². The maximum Gasteiger partial charge on any atom is 0.224 e. The number of hydrogen-bond acceptors (Lipinski definition) is 2. The Kier molecular flexibility index (Phi) is 5.33. The van der Waals surface area contributed by atoms with Gasteiger partial charge in [0.15, 0.2) is 0 Å². The number of carbonyl (C=O) groups is 1. The van der Waals surface area contributed by atoms with Gasteiger partial charge in [0.2, 0.25) is 5.91 Å². The van der Waals surface area contributed by atoms with Crippen molar-refractivity contribution in [2.75, 3.05) is 23.9 Å². The van der Waals surface area contributed by atoms with Crippen molar-refractivity contribution in [2.45, 2.75) is 26.3 Å². The third-order valence-corrected chi connectivity index (χ3v) is 5.86. The van der Waals surface area contributed by atoms with Gasteiger partial charge in [-0.05, 0) is 71.0 Å². The molecule has 0 aliphatic carbocycles. The van der Waals surface area contributed by atoms with Gasteiger partial charge in [0.1, 0.15) is 0 Å². The fourth-order valence-electron chi connectivity index (χ4n) is 3.97. The minimum Gasteiger partial charge on any atom is -0.378 e. The van der Waals surface area contributed by atoms with E-state index in [1.807, 2.05) is 37.2 Å². The van der Waals surface area contributed by atoms with Crippen molar-refractivity contribution in [1.29, 1.82) is 0 Å². The van der Waals surface area contributed by atoms with Gasteiger partial charge in [-0.3, -0.25) is 4.79 Å². The molecular formula is C25H25ClN2O. The summed E-state index contributed by atoms with van der Waals surface area (Å²) in [5.74, 6) is 0.0461. The second kappa shape index (κ2) is 7.92. The van der Waals surface area contributed by atoms with E-state index < -0.39 is 0 Å². The van der Waals surface area contributed by atoms with Gasteiger partial charge >= 0.3 is 0 Å². The topological polar surface area (TPSA) is 23.6 Å². The maximum absolute atomic E-state index is 12.4. The molecule has 1 aliphatic rings. The summed E-state index contributed by atoms with van der Waals surface area (Å²) >= 11 is 6.23. The van der Waals surface area contributed by atoms with E-state index in [9.17, 15) is 4.79 Å². The van der Waals surface area contributed by atoms with E-state index in [0.717, 1.165) is 24.1 Å². The van der Waals surface area contributed by atoms with E-state index in [4.69, 9.17) is 11.6 Å². The lowest BCUT2D eigenvalue weighted by molar-refractivity contribution is -0.116. The number of aryl methyl sites for hydroxylation is 2. The second-order valence-electron chi connectivity index (χ2n) is 7.80. The first-order chi connectivity index (χ1) is 13.9. The Hall–Kier alpha value is -2.78. The third-order valence-electron chi connectivity index (χ3n) is 5.63. The number of hydrogen-bond donors (Lipinski definition) is 0. The zero-order chi connectivity index (χ0) is 20.5. The molecular weight excluding hydrogens is 380 g/mol. The first-order valence-corrected chi connectivity index (χ1v) is 10.3.